The molecule has 0 bridgehead atoms. The Kier molecular flexibility index (Phi) is 8.81. The Morgan fingerprint density at radius 3 is 1.29 bits per heavy atom. The van der Waals surface area contributed by atoms with Crippen LogP contribution in [0.25, 0.3) is 0 Å². The average molecular weight is 334 g/mol. The van der Waals surface area contributed by atoms with E-state index in [1.165, 1.54) is 0 Å². The fourth-order valence-corrected chi connectivity index (χ4v) is 3.27. The maximum absolute atomic E-state index is 13.6. The molecule has 0 aliphatic rings. The summed E-state index contributed by atoms with van der Waals surface area (Å²) >= 11 is 0. The largest absolute Gasteiger partial charge is 0.351 e. The molecule has 0 spiro atoms. The van der Waals surface area contributed by atoms with E-state index in [2.05, 4.69) is 0 Å². The number of alkyl halides is 4. The summed E-state index contributed by atoms with van der Waals surface area (Å²) in [5.74, 6) is 0. The van der Waals surface area contributed by atoms with Crippen molar-refractivity contribution in [1.82, 2.24) is 0 Å². The van der Waals surface area contributed by atoms with Crippen molar-refractivity contribution in [3.8, 4) is 0 Å². The Hall–Kier alpha value is -0.330. The molecule has 0 aliphatic heterocycles. The van der Waals surface area contributed by atoms with Gasteiger partial charge in [-0.05, 0) is 12.8 Å². The smallest absolute Gasteiger partial charge is 0.216 e. The molecule has 7 heteroatoms. The molecule has 0 aromatic carbocycles. The second-order valence-corrected chi connectivity index (χ2v) is 7.60. The normalized spacial score (nSPS) is 13.6. The van der Waals surface area contributed by atoms with Crippen LogP contribution >= 0.6 is 0 Å². The molecular weight excluding hydrogens is 308 g/mol. The van der Waals surface area contributed by atoms with Gasteiger partial charge in [0.05, 0.1) is 0 Å². The van der Waals surface area contributed by atoms with Gasteiger partial charge in [-0.15, -0.1) is 0 Å². The molecule has 0 fully saturated rings. The molecule has 0 saturated heterocycles. The van der Waals surface area contributed by atoms with E-state index in [9.17, 15) is 26.0 Å². The summed E-state index contributed by atoms with van der Waals surface area (Å²) in [4.78, 5) is 0. The molecule has 21 heavy (non-hydrogen) atoms. The van der Waals surface area contributed by atoms with Gasteiger partial charge in [-0.1, -0.05) is 52.4 Å². The monoisotopic (exact) mass is 334 g/mol. The molecule has 0 saturated carbocycles. The van der Waals surface area contributed by atoms with Crippen molar-refractivity contribution in [2.45, 2.75) is 88.6 Å². The van der Waals surface area contributed by atoms with Crippen molar-refractivity contribution in [2.24, 2.45) is 0 Å². The van der Waals surface area contributed by atoms with E-state index in [4.69, 9.17) is 0 Å². The van der Waals surface area contributed by atoms with Gasteiger partial charge >= 0.3 is 10.5 Å². The van der Waals surface area contributed by atoms with Crippen molar-refractivity contribution in [2.75, 3.05) is 0 Å². The second kappa shape index (κ2) is 8.96. The van der Waals surface area contributed by atoms with Crippen LogP contribution in [0.4, 0.5) is 17.6 Å². The van der Waals surface area contributed by atoms with Gasteiger partial charge in [0, 0.05) is 12.8 Å². The number of rotatable bonds is 12. The molecule has 128 valence electrons. The predicted molar refractivity (Wildman–Crippen MR) is 76.3 cm³/mol. The van der Waals surface area contributed by atoms with E-state index in [1.807, 2.05) is 13.8 Å². The van der Waals surface area contributed by atoms with Crippen molar-refractivity contribution in [3.63, 3.8) is 0 Å². The molecule has 0 aromatic heterocycles. The van der Waals surface area contributed by atoms with Crippen LogP contribution in [0.3, 0.4) is 0 Å². The summed E-state index contributed by atoms with van der Waals surface area (Å²) in [7, 11) is -5.78. The predicted octanol–water partition coefficient (Wildman–Crippen LogP) is 5.53. The van der Waals surface area contributed by atoms with Gasteiger partial charge in [0.15, 0.2) is 0 Å². The lowest BCUT2D eigenvalue weighted by atomic mass is 10.1. The van der Waals surface area contributed by atoms with Crippen LogP contribution in [-0.2, 0) is 9.84 Å². The molecule has 0 amide bonds. The topological polar surface area (TPSA) is 34.1 Å². The molecule has 0 rings (SSSR count). The minimum absolute atomic E-state index is 0.0635. The third kappa shape index (κ3) is 6.12. The number of halogens is 4. The molecule has 0 N–H and O–H groups in total. The first kappa shape index (κ1) is 20.7. The standard InChI is InChI=1S/C14H26F4O2S/c1-3-5-7-9-11-13(15,16)21(19,20)14(17,18)12-10-8-6-4-2/h3-12H2,1-2H3. The Balaban J connectivity index is 4.65. The first-order chi connectivity index (χ1) is 9.62. The Morgan fingerprint density at radius 2 is 1.00 bits per heavy atom. The van der Waals surface area contributed by atoms with Crippen molar-refractivity contribution in [3.05, 3.63) is 0 Å². The van der Waals surface area contributed by atoms with E-state index in [0.29, 0.717) is 25.7 Å². The van der Waals surface area contributed by atoms with E-state index in [1.54, 1.807) is 0 Å². The summed E-state index contributed by atoms with van der Waals surface area (Å²) in [5.41, 5.74) is 0. The molecular formula is C14H26F4O2S. The Bertz CT molecular complexity index is 350. The van der Waals surface area contributed by atoms with E-state index in [-0.39, 0.29) is 12.8 Å². The molecule has 0 aromatic rings. The fourth-order valence-electron chi connectivity index (χ4n) is 2.00. The zero-order valence-corrected chi connectivity index (χ0v) is 13.6. The number of hydrogen-bond donors (Lipinski definition) is 0. The molecule has 0 heterocycles. The van der Waals surface area contributed by atoms with Gasteiger partial charge in [0.1, 0.15) is 0 Å². The number of sulfone groups is 1. The van der Waals surface area contributed by atoms with Crippen LogP contribution in [0.1, 0.15) is 78.1 Å². The van der Waals surface area contributed by atoms with Crippen molar-refractivity contribution >= 4 is 9.84 Å². The van der Waals surface area contributed by atoms with Crippen LogP contribution in [0.2, 0.25) is 0 Å². The summed E-state index contributed by atoms with van der Waals surface area (Å²) in [5, 5.41) is -8.70. The number of hydrogen-bond acceptors (Lipinski definition) is 2. The summed E-state index contributed by atoms with van der Waals surface area (Å²) in [6, 6.07) is 0. The lowest BCUT2D eigenvalue weighted by Gasteiger charge is -2.23. The highest BCUT2D eigenvalue weighted by molar-refractivity contribution is 7.93. The lowest BCUT2D eigenvalue weighted by molar-refractivity contribution is 0.0325. The molecule has 0 atom stereocenters. The third-order valence-corrected chi connectivity index (χ3v) is 5.41. The highest BCUT2D eigenvalue weighted by Crippen LogP contribution is 2.41. The maximum Gasteiger partial charge on any atom is 0.351 e. The van der Waals surface area contributed by atoms with Gasteiger partial charge < -0.3 is 0 Å². The second-order valence-electron chi connectivity index (χ2n) is 5.40. The third-order valence-electron chi connectivity index (χ3n) is 3.43. The molecule has 0 unspecified atom stereocenters. The molecule has 0 aliphatic carbocycles. The fraction of sp³-hybridized carbons (Fsp3) is 1.00. The minimum Gasteiger partial charge on any atom is -0.216 e. The van der Waals surface area contributed by atoms with Gasteiger partial charge in [-0.2, -0.15) is 17.6 Å². The first-order valence-electron chi connectivity index (χ1n) is 7.62. The van der Waals surface area contributed by atoms with E-state index < -0.39 is 33.2 Å². The van der Waals surface area contributed by atoms with E-state index in [0.717, 1.165) is 12.8 Å². The minimum atomic E-state index is -5.78. The van der Waals surface area contributed by atoms with Crippen LogP contribution in [0, 0.1) is 0 Å². The van der Waals surface area contributed by atoms with Crippen LogP contribution in [0.5, 0.6) is 0 Å². The van der Waals surface area contributed by atoms with Crippen LogP contribution < -0.4 is 0 Å². The SMILES string of the molecule is CCCCCCC(F)(F)S(=O)(=O)C(F)(F)CCCCCC. The quantitative estimate of drug-likeness (QED) is 0.347. The Labute approximate surface area is 125 Å². The van der Waals surface area contributed by atoms with E-state index >= 15 is 0 Å². The average Bonchev–Trinajstić information content (AvgIpc) is 2.39. The zero-order chi connectivity index (χ0) is 16.6. The highest BCUT2D eigenvalue weighted by Gasteiger charge is 2.59. The summed E-state index contributed by atoms with van der Waals surface area (Å²) < 4.78 is 77.5. The zero-order valence-electron chi connectivity index (χ0n) is 12.8. The maximum atomic E-state index is 13.6. The highest BCUT2D eigenvalue weighted by atomic mass is 32.2. The van der Waals surface area contributed by atoms with Crippen molar-refractivity contribution in [1.29, 1.82) is 0 Å². The number of unbranched alkanes of at least 4 members (excludes halogenated alkanes) is 6. The first-order valence-corrected chi connectivity index (χ1v) is 9.10. The van der Waals surface area contributed by atoms with Crippen LogP contribution in [-0.4, -0.2) is 18.9 Å². The van der Waals surface area contributed by atoms with Gasteiger partial charge in [0.2, 0.25) is 0 Å². The Morgan fingerprint density at radius 1 is 0.667 bits per heavy atom. The molecule has 0 radical (unpaired) electrons. The van der Waals surface area contributed by atoms with Crippen molar-refractivity contribution < 1.29 is 26.0 Å². The van der Waals surface area contributed by atoms with Crippen LogP contribution in [0.15, 0.2) is 0 Å². The van der Waals surface area contributed by atoms with Gasteiger partial charge in [-0.3, -0.25) is 0 Å². The molecule has 2 nitrogen and oxygen atoms in total. The summed E-state index contributed by atoms with van der Waals surface area (Å²) in [6.07, 6.45) is 1.62. The van der Waals surface area contributed by atoms with Gasteiger partial charge in [0.25, 0.3) is 9.84 Å². The summed E-state index contributed by atoms with van der Waals surface area (Å²) in [6.45, 7) is 3.75. The lowest BCUT2D eigenvalue weighted by Crippen LogP contribution is -2.42. The van der Waals surface area contributed by atoms with Gasteiger partial charge in [-0.25, -0.2) is 8.42 Å².